The van der Waals surface area contributed by atoms with Crippen molar-refractivity contribution in [1.29, 1.82) is 0 Å². The number of benzene rings is 2. The number of ether oxygens (including phenoxy) is 2. The summed E-state index contributed by atoms with van der Waals surface area (Å²) in [6, 6.07) is 14.1. The molecule has 0 radical (unpaired) electrons. The minimum absolute atomic E-state index is 0.0162. The molecular formula is C24H26ClN6O3+. The van der Waals surface area contributed by atoms with Gasteiger partial charge < -0.3 is 20.9 Å². The number of nitrogen functional groups attached to an aromatic ring is 2. The second-order valence-corrected chi connectivity index (χ2v) is 7.88. The Morgan fingerprint density at radius 2 is 1.88 bits per heavy atom. The predicted molar refractivity (Wildman–Crippen MR) is 130 cm³/mol. The minimum Gasteiger partial charge on any atom is -0.496 e. The van der Waals surface area contributed by atoms with Crippen LogP contribution in [0.3, 0.4) is 0 Å². The van der Waals surface area contributed by atoms with Crippen molar-refractivity contribution in [1.82, 2.24) is 14.5 Å². The van der Waals surface area contributed by atoms with E-state index in [0.29, 0.717) is 13.1 Å². The molecule has 176 valence electrons. The molecule has 0 atom stereocenters. The molecule has 9 nitrogen and oxygen atoms in total. The van der Waals surface area contributed by atoms with Crippen molar-refractivity contribution in [3.63, 3.8) is 0 Å². The van der Waals surface area contributed by atoms with E-state index in [1.807, 2.05) is 38.1 Å². The van der Waals surface area contributed by atoms with Crippen molar-refractivity contribution in [2.45, 2.75) is 33.5 Å². The summed E-state index contributed by atoms with van der Waals surface area (Å²) >= 11 is 5.90. The summed E-state index contributed by atoms with van der Waals surface area (Å²) in [5.41, 5.74) is 15.3. The summed E-state index contributed by atoms with van der Waals surface area (Å²) < 4.78 is 15.4. The van der Waals surface area contributed by atoms with Crippen LogP contribution in [0.1, 0.15) is 30.2 Å². The van der Waals surface area contributed by atoms with Gasteiger partial charge in [-0.25, -0.2) is 23.9 Å². The lowest BCUT2D eigenvalue weighted by Crippen LogP contribution is -2.37. The summed E-state index contributed by atoms with van der Waals surface area (Å²) in [5.74, 6) is 0.731. The van der Waals surface area contributed by atoms with Crippen LogP contribution in [0.2, 0.25) is 5.15 Å². The van der Waals surface area contributed by atoms with Gasteiger partial charge in [0.05, 0.1) is 20.2 Å². The Morgan fingerprint density at radius 3 is 2.59 bits per heavy atom. The van der Waals surface area contributed by atoms with Gasteiger partial charge in [-0.3, -0.25) is 0 Å². The molecule has 4 aromatic rings. The second-order valence-electron chi connectivity index (χ2n) is 7.52. The summed E-state index contributed by atoms with van der Waals surface area (Å²) in [6.07, 6.45) is 0. The molecule has 34 heavy (non-hydrogen) atoms. The van der Waals surface area contributed by atoms with Gasteiger partial charge in [-0.2, -0.15) is 0 Å². The standard InChI is InChI=1S/C24H25ClN6O3/c1-4-30-16-11-10-14(15-8-6-7-9-18(15)33-3)12-17(16)31(5-2)19(30)13-34-24(32)20-22(26)29-23(27)21(25)28-20/h6-12H,4-5,13H2,1-3H3,(H3-,26,27,29,32)/p+1. The molecule has 4 N–H and O–H groups in total. The zero-order valence-corrected chi connectivity index (χ0v) is 20.0. The molecule has 0 aliphatic rings. The number of carbonyl (C=O) groups is 1. The van der Waals surface area contributed by atoms with Crippen molar-refractivity contribution in [2.24, 2.45) is 0 Å². The van der Waals surface area contributed by atoms with Crippen molar-refractivity contribution in [3.05, 3.63) is 59.1 Å². The average Bonchev–Trinajstić information content (AvgIpc) is 3.16. The largest absolute Gasteiger partial charge is 0.496 e. The topological polar surface area (TPSA) is 122 Å². The average molecular weight is 482 g/mol. The van der Waals surface area contributed by atoms with Gasteiger partial charge in [0.25, 0.3) is 5.82 Å². The Hall–Kier alpha value is -3.85. The van der Waals surface area contributed by atoms with Gasteiger partial charge >= 0.3 is 5.97 Å². The number of fused-ring (bicyclic) bond motifs is 1. The zero-order chi connectivity index (χ0) is 24.4. The van der Waals surface area contributed by atoms with Gasteiger partial charge in [-0.05, 0) is 43.7 Å². The highest BCUT2D eigenvalue weighted by Gasteiger charge is 2.26. The fraction of sp³-hybridized carbons (Fsp3) is 0.250. The van der Waals surface area contributed by atoms with Crippen LogP contribution in [0.4, 0.5) is 11.6 Å². The number of esters is 1. The number of carbonyl (C=O) groups excluding carboxylic acids is 1. The molecule has 0 aliphatic carbocycles. The molecule has 10 heteroatoms. The Kier molecular flexibility index (Phi) is 6.56. The molecule has 2 heterocycles. The highest BCUT2D eigenvalue weighted by molar-refractivity contribution is 6.31. The fourth-order valence-electron chi connectivity index (χ4n) is 4.09. The number of methoxy groups -OCH3 is 1. The highest BCUT2D eigenvalue weighted by atomic mass is 35.5. The third kappa shape index (κ3) is 4.10. The van der Waals surface area contributed by atoms with Crippen LogP contribution in [-0.2, 0) is 24.4 Å². The van der Waals surface area contributed by atoms with Gasteiger partial charge in [0.1, 0.15) is 5.75 Å². The lowest BCUT2D eigenvalue weighted by molar-refractivity contribution is -0.678. The van der Waals surface area contributed by atoms with E-state index >= 15 is 0 Å². The molecule has 2 aromatic carbocycles. The summed E-state index contributed by atoms with van der Waals surface area (Å²) in [5, 5.41) is -0.101. The molecule has 0 unspecified atom stereocenters. The number of anilines is 2. The number of nitrogens with two attached hydrogens (primary N) is 2. The number of nitrogens with zero attached hydrogens (tertiary/aromatic N) is 4. The SMILES string of the molecule is CCn1c(COC(=O)c2nc(Cl)c(N)nc2N)[n+](CC)c2ccc(-c3ccccc3OC)cc21. The van der Waals surface area contributed by atoms with Crippen molar-refractivity contribution >= 4 is 40.2 Å². The molecule has 2 aromatic heterocycles. The number of hydrogen-bond acceptors (Lipinski definition) is 7. The summed E-state index contributed by atoms with van der Waals surface area (Å²) in [4.78, 5) is 20.5. The van der Waals surface area contributed by atoms with Gasteiger partial charge in [0.2, 0.25) is 0 Å². The van der Waals surface area contributed by atoms with E-state index in [4.69, 9.17) is 32.5 Å². The third-order valence-corrected chi connectivity index (χ3v) is 5.94. The zero-order valence-electron chi connectivity index (χ0n) is 19.2. The van der Waals surface area contributed by atoms with E-state index in [1.54, 1.807) is 7.11 Å². The number of hydrogen-bond donors (Lipinski definition) is 2. The van der Waals surface area contributed by atoms with E-state index in [1.165, 1.54) is 0 Å². The minimum atomic E-state index is -0.725. The van der Waals surface area contributed by atoms with Crippen LogP contribution >= 0.6 is 11.6 Å². The van der Waals surface area contributed by atoms with Gasteiger partial charge in [0, 0.05) is 5.56 Å². The molecule has 0 bridgehead atoms. The molecule has 0 amide bonds. The van der Waals surface area contributed by atoms with E-state index < -0.39 is 5.97 Å². The Balaban J connectivity index is 1.73. The van der Waals surface area contributed by atoms with Gasteiger partial charge in [0.15, 0.2) is 40.1 Å². The van der Waals surface area contributed by atoms with E-state index in [0.717, 1.165) is 33.7 Å². The van der Waals surface area contributed by atoms with Crippen LogP contribution in [0, 0.1) is 0 Å². The molecule has 4 rings (SSSR count). The molecule has 0 fully saturated rings. The van der Waals surface area contributed by atoms with Crippen LogP contribution in [-0.4, -0.2) is 27.6 Å². The molecular weight excluding hydrogens is 456 g/mol. The first-order valence-corrected chi connectivity index (χ1v) is 11.2. The number of aromatic nitrogens is 4. The lowest BCUT2D eigenvalue weighted by atomic mass is 10.0. The maximum absolute atomic E-state index is 12.7. The number of aryl methyl sites for hydroxylation is 2. The number of imidazole rings is 1. The van der Waals surface area contributed by atoms with Crippen molar-refractivity contribution in [2.75, 3.05) is 18.6 Å². The van der Waals surface area contributed by atoms with Crippen LogP contribution < -0.4 is 20.8 Å². The number of rotatable bonds is 7. The first-order valence-electron chi connectivity index (χ1n) is 10.8. The van der Waals surface area contributed by atoms with Crippen molar-refractivity contribution < 1.29 is 18.8 Å². The Morgan fingerprint density at radius 1 is 1.12 bits per heavy atom. The summed E-state index contributed by atoms with van der Waals surface area (Å²) in [6.45, 7) is 5.48. The smallest absolute Gasteiger partial charge is 0.361 e. The van der Waals surface area contributed by atoms with Crippen LogP contribution in [0.15, 0.2) is 42.5 Å². The molecule has 0 saturated carbocycles. The maximum atomic E-state index is 12.7. The normalized spacial score (nSPS) is 11.1. The van der Waals surface area contributed by atoms with E-state index in [-0.39, 0.29) is 29.1 Å². The highest BCUT2D eigenvalue weighted by Crippen LogP contribution is 2.32. The van der Waals surface area contributed by atoms with E-state index in [9.17, 15) is 4.79 Å². The van der Waals surface area contributed by atoms with Gasteiger partial charge in [-0.1, -0.05) is 29.8 Å². The molecule has 0 spiro atoms. The first kappa shape index (κ1) is 23.3. The van der Waals surface area contributed by atoms with E-state index in [2.05, 4.69) is 37.3 Å². The fourth-order valence-corrected chi connectivity index (χ4v) is 4.22. The molecule has 0 aliphatic heterocycles. The summed E-state index contributed by atoms with van der Waals surface area (Å²) in [7, 11) is 1.66. The quantitative estimate of drug-likeness (QED) is 0.305. The lowest BCUT2D eigenvalue weighted by Gasteiger charge is -2.08. The number of halogens is 1. The third-order valence-electron chi connectivity index (χ3n) is 5.66. The number of para-hydroxylation sites is 1. The Bertz CT molecular complexity index is 1390. The second kappa shape index (κ2) is 9.56. The van der Waals surface area contributed by atoms with Crippen LogP contribution in [0.25, 0.3) is 22.2 Å². The monoisotopic (exact) mass is 481 g/mol. The Labute approximate surface area is 201 Å². The van der Waals surface area contributed by atoms with Gasteiger partial charge in [-0.15, -0.1) is 0 Å². The molecule has 0 saturated heterocycles. The first-order chi connectivity index (χ1) is 16.4. The van der Waals surface area contributed by atoms with Crippen LogP contribution in [0.5, 0.6) is 5.75 Å². The van der Waals surface area contributed by atoms with Crippen molar-refractivity contribution in [3.8, 4) is 16.9 Å². The maximum Gasteiger partial charge on any atom is 0.361 e. The predicted octanol–water partition coefficient (Wildman–Crippen LogP) is 3.61.